The van der Waals surface area contributed by atoms with Gasteiger partial charge in [0.2, 0.25) is 5.91 Å². The van der Waals surface area contributed by atoms with E-state index >= 15 is 0 Å². The van der Waals surface area contributed by atoms with E-state index in [4.69, 9.17) is 0 Å². The van der Waals surface area contributed by atoms with Gasteiger partial charge in [0.15, 0.2) is 0 Å². The van der Waals surface area contributed by atoms with Crippen molar-refractivity contribution in [1.82, 2.24) is 15.6 Å². The van der Waals surface area contributed by atoms with E-state index in [2.05, 4.69) is 15.6 Å². The van der Waals surface area contributed by atoms with Crippen molar-refractivity contribution in [1.29, 1.82) is 0 Å². The number of amides is 3. The SMILES string of the molecule is CC(Sc1cccc2cccnc12)C(=O)NC(=O)NC(C)(C)C. The minimum absolute atomic E-state index is 0.329. The van der Waals surface area contributed by atoms with Gasteiger partial charge < -0.3 is 5.32 Å². The molecule has 0 saturated carbocycles. The molecule has 3 amide bonds. The summed E-state index contributed by atoms with van der Waals surface area (Å²) in [4.78, 5) is 29.2. The second-order valence-corrected chi connectivity index (χ2v) is 7.67. The number of carbonyl (C=O) groups is 2. The largest absolute Gasteiger partial charge is 0.333 e. The maximum Gasteiger partial charge on any atom is 0.321 e. The van der Waals surface area contributed by atoms with E-state index < -0.39 is 11.3 Å². The van der Waals surface area contributed by atoms with Gasteiger partial charge in [-0.3, -0.25) is 15.1 Å². The van der Waals surface area contributed by atoms with E-state index in [0.29, 0.717) is 0 Å². The van der Waals surface area contributed by atoms with Gasteiger partial charge in [-0.25, -0.2) is 4.79 Å². The van der Waals surface area contributed by atoms with Crippen LogP contribution in [0.5, 0.6) is 0 Å². The average molecular weight is 331 g/mol. The van der Waals surface area contributed by atoms with Crippen LogP contribution >= 0.6 is 11.8 Å². The summed E-state index contributed by atoms with van der Waals surface area (Å²) >= 11 is 1.39. The summed E-state index contributed by atoms with van der Waals surface area (Å²) in [5.74, 6) is -0.329. The molecule has 122 valence electrons. The number of thioether (sulfide) groups is 1. The van der Waals surface area contributed by atoms with E-state index in [0.717, 1.165) is 15.8 Å². The van der Waals surface area contributed by atoms with Gasteiger partial charge in [0.25, 0.3) is 0 Å². The van der Waals surface area contributed by atoms with Crippen molar-refractivity contribution in [2.75, 3.05) is 0 Å². The number of benzene rings is 1. The monoisotopic (exact) mass is 331 g/mol. The van der Waals surface area contributed by atoms with Crippen molar-refractivity contribution in [3.8, 4) is 0 Å². The zero-order chi connectivity index (χ0) is 17.0. The molecular weight excluding hydrogens is 310 g/mol. The molecule has 0 bridgehead atoms. The summed E-state index contributed by atoms with van der Waals surface area (Å²) in [5.41, 5.74) is 0.471. The summed E-state index contributed by atoms with van der Waals surface area (Å²) in [6, 6.07) is 9.22. The van der Waals surface area contributed by atoms with Crippen LogP contribution in [-0.4, -0.2) is 27.7 Å². The second kappa shape index (κ2) is 7.00. The molecule has 1 aromatic carbocycles. The number of urea groups is 1. The lowest BCUT2D eigenvalue weighted by molar-refractivity contribution is -0.119. The minimum atomic E-state index is -0.481. The van der Waals surface area contributed by atoms with E-state index in [9.17, 15) is 9.59 Å². The van der Waals surface area contributed by atoms with Gasteiger partial charge in [-0.05, 0) is 39.8 Å². The Kier molecular flexibility index (Phi) is 5.26. The Labute approximate surface area is 140 Å². The average Bonchev–Trinajstić information content (AvgIpc) is 2.45. The second-order valence-electron chi connectivity index (χ2n) is 6.28. The molecule has 2 rings (SSSR count). The lowest BCUT2D eigenvalue weighted by Gasteiger charge is -2.21. The fourth-order valence-corrected chi connectivity index (χ4v) is 2.99. The smallest absolute Gasteiger partial charge is 0.321 e. The number of nitrogens with one attached hydrogen (secondary N) is 2. The van der Waals surface area contributed by atoms with Crippen LogP contribution in [0.4, 0.5) is 4.79 Å². The summed E-state index contributed by atoms with van der Waals surface area (Å²) in [7, 11) is 0. The van der Waals surface area contributed by atoms with E-state index in [1.165, 1.54) is 11.8 Å². The van der Waals surface area contributed by atoms with Gasteiger partial charge in [0.05, 0.1) is 10.8 Å². The number of para-hydroxylation sites is 1. The molecule has 5 nitrogen and oxygen atoms in total. The van der Waals surface area contributed by atoms with Crippen molar-refractivity contribution >= 4 is 34.6 Å². The van der Waals surface area contributed by atoms with Crippen molar-refractivity contribution < 1.29 is 9.59 Å². The Bertz CT molecular complexity index is 720. The van der Waals surface area contributed by atoms with Gasteiger partial charge in [-0.15, -0.1) is 11.8 Å². The van der Waals surface area contributed by atoms with Gasteiger partial charge >= 0.3 is 6.03 Å². The molecule has 1 atom stereocenters. The number of hydrogen-bond donors (Lipinski definition) is 2. The predicted octanol–water partition coefficient (Wildman–Crippen LogP) is 3.34. The molecule has 0 fully saturated rings. The molecule has 2 N–H and O–H groups in total. The molecule has 0 aliphatic carbocycles. The Hall–Kier alpha value is -2.08. The van der Waals surface area contributed by atoms with Crippen molar-refractivity contribution in [3.05, 3.63) is 36.5 Å². The van der Waals surface area contributed by atoms with Gasteiger partial charge in [0, 0.05) is 22.0 Å². The highest BCUT2D eigenvalue weighted by Gasteiger charge is 2.20. The predicted molar refractivity (Wildman–Crippen MR) is 93.5 cm³/mol. The highest BCUT2D eigenvalue weighted by atomic mass is 32.2. The molecule has 0 saturated heterocycles. The van der Waals surface area contributed by atoms with E-state index in [-0.39, 0.29) is 11.4 Å². The van der Waals surface area contributed by atoms with Crippen molar-refractivity contribution in [2.24, 2.45) is 0 Å². The Morgan fingerprint density at radius 1 is 1.17 bits per heavy atom. The van der Waals surface area contributed by atoms with Crippen LogP contribution in [0.2, 0.25) is 0 Å². The topological polar surface area (TPSA) is 71.1 Å². The minimum Gasteiger partial charge on any atom is -0.333 e. The number of pyridine rings is 1. The summed E-state index contributed by atoms with van der Waals surface area (Å²) in [6.07, 6.45) is 1.73. The van der Waals surface area contributed by atoms with Crippen molar-refractivity contribution in [3.63, 3.8) is 0 Å². The van der Waals surface area contributed by atoms with Crippen LogP contribution in [0.1, 0.15) is 27.7 Å². The standard InChI is InChI=1S/C17H21N3O2S/c1-11(15(21)19-16(22)20-17(2,3)4)23-13-9-5-7-12-8-6-10-18-14(12)13/h5-11H,1-4H3,(H2,19,20,21,22). The van der Waals surface area contributed by atoms with E-state index in [1.54, 1.807) is 13.1 Å². The molecule has 0 spiro atoms. The van der Waals surface area contributed by atoms with Crippen LogP contribution in [0.15, 0.2) is 41.4 Å². The highest BCUT2D eigenvalue weighted by Crippen LogP contribution is 2.29. The van der Waals surface area contributed by atoms with Crippen LogP contribution in [0.3, 0.4) is 0 Å². The normalized spacial score (nSPS) is 12.7. The lowest BCUT2D eigenvalue weighted by atomic mass is 10.1. The molecule has 1 unspecified atom stereocenters. The molecule has 2 aromatic rings. The lowest BCUT2D eigenvalue weighted by Crippen LogP contribution is -2.49. The number of fused-ring (bicyclic) bond motifs is 1. The first kappa shape index (κ1) is 17.3. The number of rotatable bonds is 3. The number of hydrogen-bond acceptors (Lipinski definition) is 4. The third kappa shape index (κ3) is 4.96. The number of aromatic nitrogens is 1. The number of nitrogens with zero attached hydrogens (tertiary/aromatic N) is 1. The van der Waals surface area contributed by atoms with Crippen molar-refractivity contribution in [2.45, 2.75) is 43.4 Å². The van der Waals surface area contributed by atoms with Gasteiger partial charge in [0.1, 0.15) is 0 Å². The van der Waals surface area contributed by atoms with E-state index in [1.807, 2.05) is 51.1 Å². The summed E-state index contributed by atoms with van der Waals surface area (Å²) in [6.45, 7) is 7.34. The molecular formula is C17H21N3O2S. The molecule has 0 aliphatic rings. The first-order chi connectivity index (χ1) is 10.8. The summed E-state index contributed by atoms with van der Waals surface area (Å²) < 4.78 is 0. The van der Waals surface area contributed by atoms with Gasteiger partial charge in [-0.2, -0.15) is 0 Å². The summed E-state index contributed by atoms with van der Waals surface area (Å²) in [5, 5.41) is 5.69. The van der Waals surface area contributed by atoms with Crippen LogP contribution in [0, 0.1) is 0 Å². The molecule has 1 heterocycles. The zero-order valence-corrected chi connectivity index (χ0v) is 14.5. The maximum absolute atomic E-state index is 12.2. The Morgan fingerprint density at radius 2 is 1.87 bits per heavy atom. The first-order valence-electron chi connectivity index (χ1n) is 7.40. The van der Waals surface area contributed by atoms with Crippen LogP contribution < -0.4 is 10.6 Å². The zero-order valence-electron chi connectivity index (χ0n) is 13.7. The molecule has 0 radical (unpaired) electrons. The number of carbonyl (C=O) groups excluding carboxylic acids is 2. The first-order valence-corrected chi connectivity index (χ1v) is 8.27. The number of imide groups is 1. The fraction of sp³-hybridized carbons (Fsp3) is 0.353. The third-order valence-corrected chi connectivity index (χ3v) is 4.14. The fourth-order valence-electron chi connectivity index (χ4n) is 2.00. The molecule has 23 heavy (non-hydrogen) atoms. The maximum atomic E-state index is 12.2. The Morgan fingerprint density at radius 3 is 2.57 bits per heavy atom. The van der Waals surface area contributed by atoms with Gasteiger partial charge in [-0.1, -0.05) is 18.2 Å². The van der Waals surface area contributed by atoms with Crippen LogP contribution in [-0.2, 0) is 4.79 Å². The molecule has 6 heteroatoms. The quantitative estimate of drug-likeness (QED) is 0.846. The molecule has 0 aliphatic heterocycles. The highest BCUT2D eigenvalue weighted by molar-refractivity contribution is 8.00. The molecule has 1 aromatic heterocycles. The third-order valence-electron chi connectivity index (χ3n) is 2.99. The Balaban J connectivity index is 2.04. The van der Waals surface area contributed by atoms with Crippen LogP contribution in [0.25, 0.3) is 10.9 Å².